The second-order valence-corrected chi connectivity index (χ2v) is 5.32. The van der Waals surface area contributed by atoms with E-state index < -0.39 is 0 Å². The van der Waals surface area contributed by atoms with Crippen LogP contribution in [0.1, 0.15) is 32.1 Å². The lowest BCUT2D eigenvalue weighted by Crippen LogP contribution is -2.49. The zero-order valence-electron chi connectivity index (χ0n) is 11.0. The molecule has 2 rings (SSSR count). The van der Waals surface area contributed by atoms with Crippen LogP contribution < -0.4 is 5.32 Å². The minimum atomic E-state index is 0.304. The molecule has 2 aliphatic rings. The minimum Gasteiger partial charge on any atom is -0.342 e. The van der Waals surface area contributed by atoms with E-state index in [0.29, 0.717) is 18.5 Å². The Morgan fingerprint density at radius 1 is 1.24 bits per heavy atom. The molecule has 0 radical (unpaired) electrons. The maximum Gasteiger partial charge on any atom is 0.236 e. The van der Waals surface area contributed by atoms with Gasteiger partial charge in [-0.1, -0.05) is 19.3 Å². The van der Waals surface area contributed by atoms with Crippen molar-refractivity contribution in [2.75, 3.05) is 39.8 Å². The molecule has 1 aliphatic heterocycles. The molecule has 17 heavy (non-hydrogen) atoms. The Bertz CT molecular complexity index is 245. The van der Waals surface area contributed by atoms with E-state index in [0.717, 1.165) is 26.2 Å². The minimum absolute atomic E-state index is 0.304. The van der Waals surface area contributed by atoms with Gasteiger partial charge in [0.1, 0.15) is 0 Å². The Kier molecular flexibility index (Phi) is 4.80. The van der Waals surface area contributed by atoms with Crippen LogP contribution in [0.15, 0.2) is 0 Å². The van der Waals surface area contributed by atoms with Gasteiger partial charge in [0.05, 0.1) is 6.54 Å². The fraction of sp³-hybridized carbons (Fsp3) is 0.923. The fourth-order valence-electron chi connectivity index (χ4n) is 2.84. The van der Waals surface area contributed by atoms with Crippen molar-refractivity contribution in [3.8, 4) is 0 Å². The highest BCUT2D eigenvalue weighted by molar-refractivity contribution is 5.78. The Labute approximate surface area is 104 Å². The number of amides is 1. The maximum atomic E-state index is 12.2. The molecule has 0 aromatic rings. The van der Waals surface area contributed by atoms with Crippen molar-refractivity contribution in [3.05, 3.63) is 0 Å². The predicted molar refractivity (Wildman–Crippen MR) is 69.0 cm³/mol. The topological polar surface area (TPSA) is 35.6 Å². The summed E-state index contributed by atoms with van der Waals surface area (Å²) in [6.07, 6.45) is 6.32. The molecule has 0 bridgehead atoms. The van der Waals surface area contributed by atoms with Crippen LogP contribution in [0.4, 0.5) is 0 Å². The smallest absolute Gasteiger partial charge is 0.236 e. The van der Waals surface area contributed by atoms with E-state index in [9.17, 15) is 4.79 Å². The van der Waals surface area contributed by atoms with Crippen LogP contribution in [-0.2, 0) is 4.79 Å². The number of hydrogen-bond donors (Lipinski definition) is 1. The SMILES string of the molecule is CN(C(=O)CN1CCNCC1)C1CCCCC1. The third-order valence-electron chi connectivity index (χ3n) is 4.08. The van der Waals surface area contributed by atoms with Crippen molar-refractivity contribution in [2.24, 2.45) is 0 Å². The molecular weight excluding hydrogens is 214 g/mol. The average Bonchev–Trinajstić information content (AvgIpc) is 2.40. The summed E-state index contributed by atoms with van der Waals surface area (Å²) >= 11 is 0. The van der Waals surface area contributed by atoms with E-state index in [1.54, 1.807) is 0 Å². The largest absolute Gasteiger partial charge is 0.342 e. The second kappa shape index (κ2) is 6.36. The van der Waals surface area contributed by atoms with E-state index in [1.807, 2.05) is 11.9 Å². The molecule has 1 N–H and O–H groups in total. The van der Waals surface area contributed by atoms with Crippen molar-refractivity contribution < 1.29 is 4.79 Å². The van der Waals surface area contributed by atoms with Crippen molar-refractivity contribution in [1.29, 1.82) is 0 Å². The highest BCUT2D eigenvalue weighted by Gasteiger charge is 2.23. The first-order valence-corrected chi connectivity index (χ1v) is 6.96. The maximum absolute atomic E-state index is 12.2. The first kappa shape index (κ1) is 12.8. The van der Waals surface area contributed by atoms with Crippen LogP contribution in [0.25, 0.3) is 0 Å². The standard InChI is InChI=1S/C13H25N3O/c1-15(12-5-3-2-4-6-12)13(17)11-16-9-7-14-8-10-16/h12,14H,2-11H2,1H3. The molecule has 1 amide bonds. The third-order valence-corrected chi connectivity index (χ3v) is 4.08. The molecule has 98 valence electrons. The Morgan fingerprint density at radius 2 is 1.88 bits per heavy atom. The van der Waals surface area contributed by atoms with Gasteiger partial charge < -0.3 is 10.2 Å². The highest BCUT2D eigenvalue weighted by Crippen LogP contribution is 2.21. The van der Waals surface area contributed by atoms with Gasteiger partial charge in [0.25, 0.3) is 0 Å². The molecule has 1 saturated heterocycles. The molecule has 2 fully saturated rings. The van der Waals surface area contributed by atoms with Gasteiger partial charge in [-0.25, -0.2) is 0 Å². The summed E-state index contributed by atoms with van der Waals surface area (Å²) in [5.74, 6) is 0.304. The van der Waals surface area contributed by atoms with Crippen LogP contribution in [0.2, 0.25) is 0 Å². The van der Waals surface area contributed by atoms with Gasteiger partial charge >= 0.3 is 0 Å². The normalized spacial score (nSPS) is 23.6. The van der Waals surface area contributed by atoms with Crippen LogP contribution >= 0.6 is 0 Å². The van der Waals surface area contributed by atoms with Crippen LogP contribution in [0.5, 0.6) is 0 Å². The average molecular weight is 239 g/mol. The van der Waals surface area contributed by atoms with Crippen molar-refractivity contribution in [3.63, 3.8) is 0 Å². The first-order valence-electron chi connectivity index (χ1n) is 6.96. The van der Waals surface area contributed by atoms with Gasteiger partial charge in [0.15, 0.2) is 0 Å². The number of nitrogens with zero attached hydrogens (tertiary/aromatic N) is 2. The zero-order valence-corrected chi connectivity index (χ0v) is 11.0. The second-order valence-electron chi connectivity index (χ2n) is 5.32. The zero-order chi connectivity index (χ0) is 12.1. The summed E-state index contributed by atoms with van der Waals surface area (Å²) < 4.78 is 0. The van der Waals surface area contributed by atoms with Crippen LogP contribution in [0.3, 0.4) is 0 Å². The van der Waals surface area contributed by atoms with Gasteiger partial charge in [-0.2, -0.15) is 0 Å². The molecule has 4 heteroatoms. The number of carbonyl (C=O) groups is 1. The number of likely N-dealkylation sites (N-methyl/N-ethyl adjacent to an activating group) is 1. The van der Waals surface area contributed by atoms with Crippen molar-refractivity contribution in [2.45, 2.75) is 38.1 Å². The summed E-state index contributed by atoms with van der Waals surface area (Å²) in [7, 11) is 1.99. The lowest BCUT2D eigenvalue weighted by Gasteiger charge is -2.34. The summed E-state index contributed by atoms with van der Waals surface area (Å²) in [5.41, 5.74) is 0. The number of carbonyl (C=O) groups excluding carboxylic acids is 1. The van der Waals surface area contributed by atoms with E-state index in [2.05, 4.69) is 10.2 Å². The Morgan fingerprint density at radius 3 is 2.53 bits per heavy atom. The van der Waals surface area contributed by atoms with E-state index in [4.69, 9.17) is 0 Å². The molecule has 4 nitrogen and oxygen atoms in total. The summed E-state index contributed by atoms with van der Waals surface area (Å²) in [6, 6.07) is 0.499. The highest BCUT2D eigenvalue weighted by atomic mass is 16.2. The van der Waals surface area contributed by atoms with Gasteiger partial charge in [0, 0.05) is 39.3 Å². The van der Waals surface area contributed by atoms with E-state index >= 15 is 0 Å². The predicted octanol–water partition coefficient (Wildman–Crippen LogP) is 0.683. The van der Waals surface area contributed by atoms with E-state index in [1.165, 1.54) is 32.1 Å². The lowest BCUT2D eigenvalue weighted by molar-refractivity contribution is -0.133. The molecule has 0 aromatic heterocycles. The van der Waals surface area contributed by atoms with E-state index in [-0.39, 0.29) is 0 Å². The van der Waals surface area contributed by atoms with Gasteiger partial charge in [-0.3, -0.25) is 9.69 Å². The Hall–Kier alpha value is -0.610. The number of hydrogen-bond acceptors (Lipinski definition) is 3. The van der Waals surface area contributed by atoms with Crippen molar-refractivity contribution >= 4 is 5.91 Å². The molecule has 0 aromatic carbocycles. The van der Waals surface area contributed by atoms with Gasteiger partial charge in [-0.05, 0) is 12.8 Å². The van der Waals surface area contributed by atoms with Gasteiger partial charge in [-0.15, -0.1) is 0 Å². The number of nitrogens with one attached hydrogen (secondary N) is 1. The molecule has 1 heterocycles. The Balaban J connectivity index is 1.77. The number of rotatable bonds is 3. The molecule has 1 aliphatic carbocycles. The molecule has 0 spiro atoms. The van der Waals surface area contributed by atoms with Crippen molar-refractivity contribution in [1.82, 2.24) is 15.1 Å². The monoisotopic (exact) mass is 239 g/mol. The third kappa shape index (κ3) is 3.68. The molecule has 0 unspecified atom stereocenters. The number of piperazine rings is 1. The lowest BCUT2D eigenvalue weighted by atomic mass is 9.94. The summed E-state index contributed by atoms with van der Waals surface area (Å²) in [6.45, 7) is 4.64. The fourth-order valence-corrected chi connectivity index (χ4v) is 2.84. The molecule has 1 saturated carbocycles. The quantitative estimate of drug-likeness (QED) is 0.787. The van der Waals surface area contributed by atoms with Crippen LogP contribution in [-0.4, -0.2) is 61.5 Å². The molecule has 0 atom stereocenters. The van der Waals surface area contributed by atoms with Gasteiger partial charge in [0.2, 0.25) is 5.91 Å². The first-order chi connectivity index (χ1) is 8.27. The summed E-state index contributed by atoms with van der Waals surface area (Å²) in [4.78, 5) is 16.4. The summed E-state index contributed by atoms with van der Waals surface area (Å²) in [5, 5.41) is 3.31. The molecular formula is C13H25N3O. The van der Waals surface area contributed by atoms with Crippen LogP contribution in [0, 0.1) is 0 Å².